The van der Waals surface area contributed by atoms with E-state index in [1.807, 2.05) is 4.90 Å². The number of anilines is 1. The third-order valence-electron chi connectivity index (χ3n) is 5.41. The summed E-state index contributed by atoms with van der Waals surface area (Å²) in [6.07, 6.45) is 1.00. The Labute approximate surface area is 160 Å². The SMILES string of the molecule is CC1CC(C)CN(C(=O)CCC(=O)c2ccc3c(c2)N(C)C(=O)C(C)O3)C1. The van der Waals surface area contributed by atoms with Gasteiger partial charge >= 0.3 is 0 Å². The Bertz CT molecular complexity index is 751. The molecule has 0 N–H and O–H groups in total. The third-order valence-corrected chi connectivity index (χ3v) is 5.41. The van der Waals surface area contributed by atoms with Crippen molar-refractivity contribution in [3.8, 4) is 5.75 Å². The summed E-state index contributed by atoms with van der Waals surface area (Å²) in [5, 5.41) is 0. The maximum atomic E-state index is 12.6. The van der Waals surface area contributed by atoms with Gasteiger partial charge in [-0.3, -0.25) is 14.4 Å². The number of carbonyl (C=O) groups is 3. The van der Waals surface area contributed by atoms with E-state index in [9.17, 15) is 14.4 Å². The van der Waals surface area contributed by atoms with Gasteiger partial charge in [0.05, 0.1) is 5.69 Å². The van der Waals surface area contributed by atoms with E-state index in [1.165, 1.54) is 4.90 Å². The molecule has 0 radical (unpaired) electrons. The number of likely N-dealkylation sites (N-methyl/N-ethyl adjacent to an activating group) is 1. The molecule has 2 aliphatic rings. The Morgan fingerprint density at radius 3 is 2.44 bits per heavy atom. The van der Waals surface area contributed by atoms with Gasteiger partial charge in [-0.15, -0.1) is 0 Å². The number of fused-ring (bicyclic) bond motifs is 1. The largest absolute Gasteiger partial charge is 0.479 e. The van der Waals surface area contributed by atoms with Crippen molar-refractivity contribution in [3.63, 3.8) is 0 Å². The molecule has 1 aromatic rings. The van der Waals surface area contributed by atoms with E-state index in [2.05, 4.69) is 13.8 Å². The lowest BCUT2D eigenvalue weighted by Crippen LogP contribution is -2.42. The van der Waals surface area contributed by atoms with Crippen molar-refractivity contribution in [2.24, 2.45) is 11.8 Å². The number of amides is 2. The first kappa shape index (κ1) is 19.4. The molecule has 6 nitrogen and oxygen atoms in total. The number of hydrogen-bond donors (Lipinski definition) is 0. The average molecular weight is 372 g/mol. The Kier molecular flexibility index (Phi) is 5.53. The number of rotatable bonds is 4. The number of carbonyl (C=O) groups excluding carboxylic acids is 3. The first-order valence-electron chi connectivity index (χ1n) is 9.65. The lowest BCUT2D eigenvalue weighted by atomic mass is 9.91. The van der Waals surface area contributed by atoms with E-state index in [0.29, 0.717) is 28.8 Å². The van der Waals surface area contributed by atoms with Crippen molar-refractivity contribution in [1.82, 2.24) is 4.90 Å². The highest BCUT2D eigenvalue weighted by Crippen LogP contribution is 2.34. The smallest absolute Gasteiger partial charge is 0.267 e. The quantitative estimate of drug-likeness (QED) is 0.762. The number of ether oxygens (including phenoxy) is 1. The van der Waals surface area contributed by atoms with Gasteiger partial charge < -0.3 is 14.5 Å². The highest BCUT2D eigenvalue weighted by molar-refractivity contribution is 6.03. The van der Waals surface area contributed by atoms with Gasteiger partial charge in [0.2, 0.25) is 5.91 Å². The number of likely N-dealkylation sites (tertiary alicyclic amines) is 1. The van der Waals surface area contributed by atoms with Gasteiger partial charge in [0.1, 0.15) is 5.75 Å². The summed E-state index contributed by atoms with van der Waals surface area (Å²) in [7, 11) is 1.68. The van der Waals surface area contributed by atoms with Crippen LogP contribution in [0.5, 0.6) is 5.75 Å². The predicted octanol–water partition coefficient (Wildman–Crippen LogP) is 2.90. The minimum Gasteiger partial charge on any atom is -0.479 e. The zero-order valence-corrected chi connectivity index (χ0v) is 16.5. The normalized spacial score (nSPS) is 25.0. The van der Waals surface area contributed by atoms with E-state index in [-0.39, 0.29) is 30.4 Å². The molecule has 2 heterocycles. The molecule has 1 saturated heterocycles. The van der Waals surface area contributed by atoms with Crippen LogP contribution in [-0.4, -0.2) is 48.7 Å². The van der Waals surface area contributed by atoms with Crippen molar-refractivity contribution in [1.29, 1.82) is 0 Å². The van der Waals surface area contributed by atoms with Crippen LogP contribution in [0, 0.1) is 11.8 Å². The lowest BCUT2D eigenvalue weighted by molar-refractivity contribution is -0.133. The molecular weight excluding hydrogens is 344 g/mol. The third kappa shape index (κ3) is 4.15. The van der Waals surface area contributed by atoms with Crippen LogP contribution in [0.3, 0.4) is 0 Å². The molecular formula is C21H28N2O4. The molecule has 0 bridgehead atoms. The molecule has 3 rings (SSSR count). The summed E-state index contributed by atoms with van der Waals surface area (Å²) in [4.78, 5) is 40.6. The molecule has 6 heteroatoms. The Morgan fingerprint density at radius 2 is 1.78 bits per heavy atom. The summed E-state index contributed by atoms with van der Waals surface area (Å²) in [5.74, 6) is 1.41. The molecule has 2 amide bonds. The van der Waals surface area contributed by atoms with Crippen LogP contribution >= 0.6 is 0 Å². The minimum atomic E-state index is -0.531. The second kappa shape index (κ2) is 7.71. The Balaban J connectivity index is 1.63. The standard InChI is InChI=1S/C21H28N2O4/c1-13-9-14(2)12-23(11-13)20(25)8-6-18(24)16-5-7-19-17(10-16)22(4)21(26)15(3)27-19/h5,7,10,13-15H,6,8-9,11-12H2,1-4H3. The molecule has 0 aliphatic carbocycles. The summed E-state index contributed by atoms with van der Waals surface area (Å²) in [6, 6.07) is 5.10. The summed E-state index contributed by atoms with van der Waals surface area (Å²) < 4.78 is 5.58. The maximum Gasteiger partial charge on any atom is 0.267 e. The zero-order chi connectivity index (χ0) is 19.7. The van der Waals surface area contributed by atoms with E-state index in [0.717, 1.165) is 19.5 Å². The zero-order valence-electron chi connectivity index (χ0n) is 16.5. The molecule has 0 aromatic heterocycles. The van der Waals surface area contributed by atoms with Crippen LogP contribution < -0.4 is 9.64 Å². The van der Waals surface area contributed by atoms with Crippen molar-refractivity contribution in [2.45, 2.75) is 46.1 Å². The van der Waals surface area contributed by atoms with Crippen LogP contribution in [0.2, 0.25) is 0 Å². The fourth-order valence-electron chi connectivity index (χ4n) is 4.07. The predicted molar refractivity (Wildman–Crippen MR) is 103 cm³/mol. The van der Waals surface area contributed by atoms with Crippen molar-refractivity contribution < 1.29 is 19.1 Å². The van der Waals surface area contributed by atoms with Gasteiger partial charge in [0.25, 0.3) is 5.91 Å². The van der Waals surface area contributed by atoms with Crippen molar-refractivity contribution in [2.75, 3.05) is 25.0 Å². The number of hydrogen-bond acceptors (Lipinski definition) is 4. The van der Waals surface area contributed by atoms with Gasteiger partial charge in [-0.2, -0.15) is 0 Å². The van der Waals surface area contributed by atoms with Crippen LogP contribution in [0.4, 0.5) is 5.69 Å². The van der Waals surface area contributed by atoms with E-state index in [4.69, 9.17) is 4.74 Å². The molecule has 3 unspecified atom stereocenters. The summed E-state index contributed by atoms with van der Waals surface area (Å²) >= 11 is 0. The minimum absolute atomic E-state index is 0.0455. The van der Waals surface area contributed by atoms with Gasteiger partial charge in [0.15, 0.2) is 11.9 Å². The Morgan fingerprint density at radius 1 is 1.11 bits per heavy atom. The van der Waals surface area contributed by atoms with Gasteiger partial charge in [-0.1, -0.05) is 13.8 Å². The van der Waals surface area contributed by atoms with Crippen molar-refractivity contribution in [3.05, 3.63) is 23.8 Å². The van der Waals surface area contributed by atoms with Crippen LogP contribution in [0.1, 0.15) is 50.4 Å². The number of piperidine rings is 1. The van der Waals surface area contributed by atoms with Gasteiger partial charge in [-0.05, 0) is 43.4 Å². The van der Waals surface area contributed by atoms with Crippen LogP contribution in [0.15, 0.2) is 18.2 Å². The van der Waals surface area contributed by atoms with E-state index in [1.54, 1.807) is 32.2 Å². The first-order chi connectivity index (χ1) is 12.8. The molecule has 27 heavy (non-hydrogen) atoms. The average Bonchev–Trinajstić information content (AvgIpc) is 2.63. The summed E-state index contributed by atoms with van der Waals surface area (Å²) in [6.45, 7) is 7.58. The molecule has 3 atom stereocenters. The second-order valence-corrected chi connectivity index (χ2v) is 8.01. The molecule has 0 spiro atoms. The van der Waals surface area contributed by atoms with Crippen LogP contribution in [-0.2, 0) is 9.59 Å². The molecule has 0 saturated carbocycles. The number of Topliss-reactive ketones (excluding diaryl/α,β-unsaturated/α-hetero) is 1. The maximum absolute atomic E-state index is 12.6. The fraction of sp³-hybridized carbons (Fsp3) is 0.571. The number of benzene rings is 1. The topological polar surface area (TPSA) is 66.9 Å². The first-order valence-corrected chi connectivity index (χ1v) is 9.65. The second-order valence-electron chi connectivity index (χ2n) is 8.01. The summed E-state index contributed by atoms with van der Waals surface area (Å²) in [5.41, 5.74) is 1.09. The monoisotopic (exact) mass is 372 g/mol. The fourth-order valence-corrected chi connectivity index (χ4v) is 4.07. The highest BCUT2D eigenvalue weighted by Gasteiger charge is 2.30. The molecule has 1 aromatic carbocycles. The molecule has 146 valence electrons. The van der Waals surface area contributed by atoms with E-state index < -0.39 is 6.10 Å². The lowest BCUT2D eigenvalue weighted by Gasteiger charge is -2.35. The van der Waals surface area contributed by atoms with E-state index >= 15 is 0 Å². The highest BCUT2D eigenvalue weighted by atomic mass is 16.5. The molecule has 2 aliphatic heterocycles. The molecule has 1 fully saturated rings. The van der Waals surface area contributed by atoms with Crippen molar-refractivity contribution >= 4 is 23.3 Å². The van der Waals surface area contributed by atoms with Gasteiger partial charge in [0, 0.05) is 38.5 Å². The van der Waals surface area contributed by atoms with Gasteiger partial charge in [-0.25, -0.2) is 0 Å². The number of ketones is 1. The Hall–Kier alpha value is -2.37. The van der Waals surface area contributed by atoms with Crippen LogP contribution in [0.25, 0.3) is 0 Å². The number of nitrogens with zero attached hydrogens (tertiary/aromatic N) is 2.